The molecule has 2 fully saturated rings. The number of pyridine rings is 1. The number of anilines is 2. The molecule has 13 nitrogen and oxygen atoms in total. The minimum absolute atomic E-state index is 0.0913. The van der Waals surface area contributed by atoms with Crippen LogP contribution in [0.4, 0.5) is 24.5 Å². The number of hydrogen-bond donors (Lipinski definition) is 2. The van der Waals surface area contributed by atoms with Crippen molar-refractivity contribution in [3.8, 4) is 11.8 Å². The molecule has 0 spiro atoms. The first-order valence-corrected chi connectivity index (χ1v) is 14.5. The first-order valence-electron chi connectivity index (χ1n) is 14.5. The summed E-state index contributed by atoms with van der Waals surface area (Å²) in [6, 6.07) is 8.60. The lowest BCUT2D eigenvalue weighted by Crippen LogP contribution is -2.44. The predicted molar refractivity (Wildman–Crippen MR) is 157 cm³/mol. The number of likely N-dealkylation sites (N-methyl/N-ethyl adjacent to an activating group) is 1. The zero-order valence-corrected chi connectivity index (χ0v) is 24.7. The van der Waals surface area contributed by atoms with E-state index in [4.69, 9.17) is 10.00 Å². The number of carbonyl (C=O) groups is 2. The van der Waals surface area contributed by atoms with E-state index in [1.54, 1.807) is 24.3 Å². The molecule has 0 bridgehead atoms. The molecule has 0 atom stereocenters. The number of morpholine rings is 1. The second-order valence-electron chi connectivity index (χ2n) is 10.8. The first kappa shape index (κ1) is 31.8. The Morgan fingerprint density at radius 2 is 1.80 bits per heavy atom. The van der Waals surface area contributed by atoms with Crippen molar-refractivity contribution >= 4 is 23.2 Å². The summed E-state index contributed by atoms with van der Waals surface area (Å²) in [6.07, 6.45) is -2.75. The molecular weight excluding hydrogens is 593 g/mol. The predicted octanol–water partition coefficient (Wildman–Crippen LogP) is 2.01. The van der Waals surface area contributed by atoms with Crippen molar-refractivity contribution in [2.45, 2.75) is 12.6 Å². The average Bonchev–Trinajstić information content (AvgIpc) is 3.54. The van der Waals surface area contributed by atoms with Gasteiger partial charge in [-0.1, -0.05) is 5.21 Å². The third kappa shape index (κ3) is 7.93. The fourth-order valence-corrected chi connectivity index (χ4v) is 5.11. The fraction of sp³-hybridized carbons (Fsp3) is 0.448. The van der Waals surface area contributed by atoms with Crippen LogP contribution in [0.15, 0.2) is 36.5 Å². The van der Waals surface area contributed by atoms with Crippen LogP contribution >= 0.6 is 0 Å². The van der Waals surface area contributed by atoms with Gasteiger partial charge in [-0.15, -0.1) is 5.10 Å². The van der Waals surface area contributed by atoms with Gasteiger partial charge in [0.15, 0.2) is 11.4 Å². The molecule has 0 unspecified atom stereocenters. The van der Waals surface area contributed by atoms with Gasteiger partial charge in [-0.2, -0.15) is 18.4 Å². The van der Waals surface area contributed by atoms with Crippen molar-refractivity contribution in [3.05, 3.63) is 59.2 Å². The number of alkyl halides is 3. The average molecular weight is 627 g/mol. The second-order valence-corrected chi connectivity index (χ2v) is 10.8. The molecule has 0 saturated carbocycles. The Labute approximate surface area is 257 Å². The molecule has 1 aromatic carbocycles. The molecule has 2 N–H and O–H groups in total. The number of nitrogens with zero attached hydrogens (tertiary/aromatic N) is 8. The Hall–Kier alpha value is -4.59. The largest absolute Gasteiger partial charge is 0.434 e. The van der Waals surface area contributed by atoms with Gasteiger partial charge in [0.25, 0.3) is 11.8 Å². The number of nitriles is 1. The van der Waals surface area contributed by atoms with Crippen LogP contribution in [-0.2, 0) is 10.9 Å². The maximum absolute atomic E-state index is 13.8. The van der Waals surface area contributed by atoms with E-state index in [9.17, 15) is 22.8 Å². The highest BCUT2D eigenvalue weighted by Gasteiger charge is 2.38. The van der Waals surface area contributed by atoms with Gasteiger partial charge in [-0.25, -0.2) is 9.67 Å². The molecule has 45 heavy (non-hydrogen) atoms. The lowest BCUT2D eigenvalue weighted by molar-refractivity contribution is -0.141. The fourth-order valence-electron chi connectivity index (χ4n) is 5.11. The topological polar surface area (TPSA) is 145 Å². The number of ether oxygens (including phenoxy) is 1. The molecule has 2 saturated heterocycles. The number of rotatable bonds is 9. The molecule has 16 heteroatoms. The summed E-state index contributed by atoms with van der Waals surface area (Å²) >= 11 is 0. The van der Waals surface area contributed by atoms with Gasteiger partial charge in [-0.05, 0) is 50.3 Å². The molecule has 0 radical (unpaired) electrons. The highest BCUT2D eigenvalue weighted by molar-refractivity contribution is 6.07. The van der Waals surface area contributed by atoms with E-state index in [0.29, 0.717) is 44.2 Å². The Morgan fingerprint density at radius 1 is 1.04 bits per heavy atom. The maximum Gasteiger partial charge on any atom is 0.434 e. The first-order chi connectivity index (χ1) is 21.6. The number of halogens is 3. The van der Waals surface area contributed by atoms with Crippen molar-refractivity contribution in [1.29, 1.82) is 5.26 Å². The number of piperazine rings is 1. The van der Waals surface area contributed by atoms with E-state index >= 15 is 0 Å². The SMILES string of the molecule is CN1CCN(c2ccc(-n3cc(C(=O)NCCCN4CCOCC4)nn3)cc2NC(=O)c2ccc(C#N)nc2C(F)(F)F)CC1. The summed E-state index contributed by atoms with van der Waals surface area (Å²) < 4.78 is 48.1. The van der Waals surface area contributed by atoms with Gasteiger partial charge in [0, 0.05) is 45.8 Å². The number of amides is 2. The van der Waals surface area contributed by atoms with E-state index < -0.39 is 29.0 Å². The van der Waals surface area contributed by atoms with Gasteiger partial charge in [0.2, 0.25) is 0 Å². The van der Waals surface area contributed by atoms with Gasteiger partial charge < -0.3 is 25.2 Å². The maximum atomic E-state index is 13.8. The quantitative estimate of drug-likeness (QED) is 0.339. The van der Waals surface area contributed by atoms with Crippen LogP contribution in [-0.4, -0.2) is 114 Å². The van der Waals surface area contributed by atoms with Gasteiger partial charge in [0.1, 0.15) is 11.8 Å². The number of benzene rings is 1. The van der Waals surface area contributed by atoms with E-state index in [2.05, 4.69) is 35.7 Å². The monoisotopic (exact) mass is 626 g/mol. The number of nitrogens with one attached hydrogen (secondary N) is 2. The van der Waals surface area contributed by atoms with Crippen molar-refractivity contribution in [3.63, 3.8) is 0 Å². The molecule has 2 amide bonds. The number of hydrogen-bond acceptors (Lipinski definition) is 10. The summed E-state index contributed by atoms with van der Waals surface area (Å²) in [5.41, 5.74) is -1.26. The standard InChI is InChI=1S/C29H33F3N10O3/c1-39-9-11-41(12-10-39)25-6-4-21(17-23(25)36-27(43)22-5-3-20(18-33)35-26(22)29(30,31)32)42-19-24(37-38-42)28(44)34-7-2-8-40-13-15-45-16-14-40/h3-6,17,19H,2,7-16H2,1H3,(H,34,44)(H,36,43). The smallest absolute Gasteiger partial charge is 0.379 e. The van der Waals surface area contributed by atoms with E-state index in [1.165, 1.54) is 10.9 Å². The summed E-state index contributed by atoms with van der Waals surface area (Å²) in [7, 11) is 1.99. The summed E-state index contributed by atoms with van der Waals surface area (Å²) in [5, 5.41) is 22.5. The zero-order valence-electron chi connectivity index (χ0n) is 24.7. The minimum Gasteiger partial charge on any atom is -0.379 e. The van der Waals surface area contributed by atoms with E-state index in [0.717, 1.165) is 51.3 Å². The minimum atomic E-state index is -4.96. The summed E-state index contributed by atoms with van der Waals surface area (Å²) in [5.74, 6) is -1.43. The molecule has 2 aliphatic heterocycles. The summed E-state index contributed by atoms with van der Waals surface area (Å²) in [4.78, 5) is 35.8. The summed E-state index contributed by atoms with van der Waals surface area (Å²) in [6.45, 7) is 7.21. The molecule has 2 aromatic heterocycles. The number of carbonyl (C=O) groups excluding carboxylic acids is 2. The molecular formula is C29H33F3N10O3. The van der Waals surface area contributed by atoms with Crippen LogP contribution in [0.5, 0.6) is 0 Å². The van der Waals surface area contributed by atoms with Crippen LogP contribution in [0.1, 0.15) is 38.7 Å². The second kappa shape index (κ2) is 14.0. The van der Waals surface area contributed by atoms with Crippen molar-refractivity contribution in [1.82, 2.24) is 35.1 Å². The van der Waals surface area contributed by atoms with Crippen LogP contribution in [0.2, 0.25) is 0 Å². The van der Waals surface area contributed by atoms with Crippen LogP contribution in [0.25, 0.3) is 5.69 Å². The van der Waals surface area contributed by atoms with E-state index in [-0.39, 0.29) is 17.3 Å². The normalized spacial score (nSPS) is 16.3. The molecule has 2 aliphatic rings. The zero-order chi connectivity index (χ0) is 32.0. The molecule has 3 aromatic rings. The molecule has 5 rings (SSSR count). The number of aromatic nitrogens is 4. The van der Waals surface area contributed by atoms with Crippen molar-refractivity contribution in [2.24, 2.45) is 0 Å². The Bertz CT molecular complexity index is 1560. The lowest BCUT2D eigenvalue weighted by atomic mass is 10.1. The molecule has 238 valence electrons. The van der Waals surface area contributed by atoms with Gasteiger partial charge >= 0.3 is 6.18 Å². The van der Waals surface area contributed by atoms with Crippen LogP contribution in [0.3, 0.4) is 0 Å². The molecule has 0 aliphatic carbocycles. The Morgan fingerprint density at radius 3 is 2.51 bits per heavy atom. The van der Waals surface area contributed by atoms with Gasteiger partial charge in [0.05, 0.1) is 42.0 Å². The highest BCUT2D eigenvalue weighted by Crippen LogP contribution is 2.33. The van der Waals surface area contributed by atoms with Gasteiger partial charge in [-0.3, -0.25) is 14.5 Å². The highest BCUT2D eigenvalue weighted by atomic mass is 19.4. The Kier molecular flexibility index (Phi) is 9.91. The van der Waals surface area contributed by atoms with Crippen molar-refractivity contribution in [2.75, 3.05) is 82.8 Å². The van der Waals surface area contributed by atoms with Crippen molar-refractivity contribution < 1.29 is 27.5 Å². The van der Waals surface area contributed by atoms with Crippen LogP contribution in [0, 0.1) is 11.3 Å². The molecule has 4 heterocycles. The lowest BCUT2D eigenvalue weighted by Gasteiger charge is -2.35. The van der Waals surface area contributed by atoms with E-state index in [1.807, 2.05) is 11.9 Å². The third-order valence-corrected chi connectivity index (χ3v) is 7.63. The van der Waals surface area contributed by atoms with Crippen LogP contribution < -0.4 is 15.5 Å². The Balaban J connectivity index is 1.35. The third-order valence-electron chi connectivity index (χ3n) is 7.63.